The van der Waals surface area contributed by atoms with E-state index in [4.69, 9.17) is 4.74 Å². The van der Waals surface area contributed by atoms with Crippen molar-refractivity contribution < 1.29 is 9.53 Å². The van der Waals surface area contributed by atoms with E-state index in [1.165, 1.54) is 0 Å². The van der Waals surface area contributed by atoms with Gasteiger partial charge in [-0.1, -0.05) is 36.4 Å². The molecule has 1 aromatic heterocycles. The van der Waals surface area contributed by atoms with Crippen LogP contribution in [0.3, 0.4) is 0 Å². The monoisotopic (exact) mass is 375 g/mol. The van der Waals surface area contributed by atoms with Crippen molar-refractivity contribution in [2.45, 2.75) is 6.42 Å². The first kappa shape index (κ1) is 18.4. The maximum absolute atomic E-state index is 12.5. The van der Waals surface area contributed by atoms with Gasteiger partial charge in [0.25, 0.3) is 5.91 Å². The summed E-state index contributed by atoms with van der Waals surface area (Å²) in [6, 6.07) is 19.5. The summed E-state index contributed by atoms with van der Waals surface area (Å²) >= 11 is 0. The highest BCUT2D eigenvalue weighted by Gasteiger charge is 2.21. The number of hydrogen-bond acceptors (Lipinski definition) is 4. The van der Waals surface area contributed by atoms with Crippen LogP contribution in [0.25, 0.3) is 10.9 Å². The minimum Gasteiger partial charge on any atom is -0.491 e. The number of para-hydroxylation sites is 1. The molecule has 0 aliphatic carbocycles. The van der Waals surface area contributed by atoms with Gasteiger partial charge in [0.15, 0.2) is 0 Å². The van der Waals surface area contributed by atoms with Crippen LogP contribution in [0.2, 0.25) is 0 Å². The van der Waals surface area contributed by atoms with Crippen molar-refractivity contribution in [3.63, 3.8) is 0 Å². The molecule has 0 saturated carbocycles. The molecule has 1 saturated heterocycles. The second-order valence-electron chi connectivity index (χ2n) is 7.03. The third-order valence-corrected chi connectivity index (χ3v) is 5.15. The van der Waals surface area contributed by atoms with Gasteiger partial charge < -0.3 is 9.64 Å². The summed E-state index contributed by atoms with van der Waals surface area (Å²) < 4.78 is 5.97. The summed E-state index contributed by atoms with van der Waals surface area (Å²) in [4.78, 5) is 21.3. The van der Waals surface area contributed by atoms with Crippen LogP contribution in [0.15, 0.2) is 66.9 Å². The van der Waals surface area contributed by atoms with Gasteiger partial charge in [0.2, 0.25) is 0 Å². The molecule has 3 aromatic rings. The molecule has 1 aliphatic rings. The fourth-order valence-electron chi connectivity index (χ4n) is 3.60. The molecule has 1 aliphatic heterocycles. The minimum absolute atomic E-state index is 0.132. The lowest BCUT2D eigenvalue weighted by Gasteiger charge is -2.34. The normalized spacial score (nSPS) is 14.9. The summed E-state index contributed by atoms with van der Waals surface area (Å²) in [6.45, 7) is 5.02. The molecular formula is C23H25N3O2. The predicted octanol–water partition coefficient (Wildman–Crippen LogP) is 3.46. The van der Waals surface area contributed by atoms with E-state index in [0.717, 1.165) is 61.4 Å². The molecule has 0 N–H and O–H groups in total. The lowest BCUT2D eigenvalue weighted by atomic mass is 10.2. The second kappa shape index (κ2) is 8.85. The summed E-state index contributed by atoms with van der Waals surface area (Å²) in [6.07, 6.45) is 2.75. The van der Waals surface area contributed by atoms with Crippen LogP contribution in [-0.2, 0) is 0 Å². The fourth-order valence-corrected chi connectivity index (χ4v) is 3.60. The molecule has 28 heavy (non-hydrogen) atoms. The van der Waals surface area contributed by atoms with Crippen molar-refractivity contribution in [1.29, 1.82) is 0 Å². The quantitative estimate of drug-likeness (QED) is 0.619. The van der Waals surface area contributed by atoms with E-state index in [9.17, 15) is 4.79 Å². The van der Waals surface area contributed by atoms with Crippen molar-refractivity contribution in [3.8, 4) is 5.75 Å². The predicted molar refractivity (Wildman–Crippen MR) is 111 cm³/mol. The largest absolute Gasteiger partial charge is 0.491 e. The average molecular weight is 375 g/mol. The summed E-state index contributed by atoms with van der Waals surface area (Å²) in [5.74, 6) is 0.975. The number of hydrogen-bond donors (Lipinski definition) is 0. The van der Waals surface area contributed by atoms with Crippen molar-refractivity contribution in [2.75, 3.05) is 39.3 Å². The zero-order valence-corrected chi connectivity index (χ0v) is 16.0. The molecule has 5 nitrogen and oxygen atoms in total. The number of fused-ring (bicyclic) bond motifs is 1. The van der Waals surface area contributed by atoms with E-state index in [0.29, 0.717) is 6.61 Å². The molecule has 4 rings (SSSR count). The lowest BCUT2D eigenvalue weighted by Crippen LogP contribution is -2.49. The Bertz CT molecular complexity index is 916. The number of aromatic nitrogens is 1. The molecule has 0 atom stereocenters. The third kappa shape index (κ3) is 4.31. The Balaban J connectivity index is 1.21. The standard InChI is InChI=1S/C23H25N3O2/c27-23(20-7-2-1-3-8-20)26-16-14-25(15-17-26)13-6-18-28-21-11-4-9-19-10-5-12-24-22(19)21/h1-5,7-12H,6,13-18H2. The van der Waals surface area contributed by atoms with Crippen LogP contribution in [0, 0.1) is 0 Å². The number of ether oxygens (including phenoxy) is 1. The van der Waals surface area contributed by atoms with Gasteiger partial charge in [-0.25, -0.2) is 0 Å². The highest BCUT2D eigenvalue weighted by Crippen LogP contribution is 2.23. The smallest absolute Gasteiger partial charge is 0.253 e. The van der Waals surface area contributed by atoms with Gasteiger partial charge in [-0.05, 0) is 30.7 Å². The van der Waals surface area contributed by atoms with Gasteiger partial charge in [-0.3, -0.25) is 14.7 Å². The maximum Gasteiger partial charge on any atom is 0.253 e. The number of nitrogens with zero attached hydrogens (tertiary/aromatic N) is 3. The maximum atomic E-state index is 12.5. The van der Waals surface area contributed by atoms with Gasteiger partial charge in [-0.2, -0.15) is 0 Å². The second-order valence-corrected chi connectivity index (χ2v) is 7.03. The third-order valence-electron chi connectivity index (χ3n) is 5.15. The molecular weight excluding hydrogens is 350 g/mol. The van der Waals surface area contributed by atoms with Crippen LogP contribution < -0.4 is 4.74 Å². The Morgan fingerprint density at radius 1 is 0.929 bits per heavy atom. The molecule has 0 radical (unpaired) electrons. The zero-order valence-electron chi connectivity index (χ0n) is 16.0. The first-order valence-electron chi connectivity index (χ1n) is 9.84. The average Bonchev–Trinajstić information content (AvgIpc) is 2.77. The van der Waals surface area contributed by atoms with Crippen LogP contribution in [0.1, 0.15) is 16.8 Å². The van der Waals surface area contributed by atoms with Crippen molar-refractivity contribution in [2.24, 2.45) is 0 Å². The minimum atomic E-state index is 0.132. The molecule has 0 bridgehead atoms. The summed E-state index contributed by atoms with van der Waals surface area (Å²) in [5, 5.41) is 1.10. The Labute approximate surface area is 165 Å². The van der Waals surface area contributed by atoms with Crippen molar-refractivity contribution >= 4 is 16.8 Å². The van der Waals surface area contributed by atoms with Gasteiger partial charge in [0, 0.05) is 49.9 Å². The van der Waals surface area contributed by atoms with Crippen molar-refractivity contribution in [1.82, 2.24) is 14.8 Å². The van der Waals surface area contributed by atoms with Crippen LogP contribution in [0.4, 0.5) is 0 Å². The van der Waals surface area contributed by atoms with E-state index in [-0.39, 0.29) is 5.91 Å². The SMILES string of the molecule is O=C(c1ccccc1)N1CCN(CCCOc2cccc3cccnc23)CC1. The van der Waals surface area contributed by atoms with E-state index in [1.54, 1.807) is 6.20 Å². The van der Waals surface area contributed by atoms with E-state index in [1.807, 2.05) is 65.6 Å². The van der Waals surface area contributed by atoms with Gasteiger partial charge in [0.05, 0.1) is 6.61 Å². The Morgan fingerprint density at radius 2 is 1.71 bits per heavy atom. The number of carbonyl (C=O) groups excluding carboxylic acids is 1. The topological polar surface area (TPSA) is 45.7 Å². The molecule has 2 aromatic carbocycles. The Morgan fingerprint density at radius 3 is 2.54 bits per heavy atom. The lowest BCUT2D eigenvalue weighted by molar-refractivity contribution is 0.0631. The molecule has 2 heterocycles. The molecule has 0 unspecified atom stereocenters. The fraction of sp³-hybridized carbons (Fsp3) is 0.304. The van der Waals surface area contributed by atoms with Gasteiger partial charge >= 0.3 is 0 Å². The summed E-state index contributed by atoms with van der Waals surface area (Å²) in [7, 11) is 0. The van der Waals surface area contributed by atoms with Crippen LogP contribution in [0.5, 0.6) is 5.75 Å². The van der Waals surface area contributed by atoms with E-state index in [2.05, 4.69) is 9.88 Å². The van der Waals surface area contributed by atoms with Crippen molar-refractivity contribution in [3.05, 3.63) is 72.4 Å². The number of amides is 1. The zero-order chi connectivity index (χ0) is 19.2. The molecule has 144 valence electrons. The van der Waals surface area contributed by atoms with E-state index >= 15 is 0 Å². The number of pyridine rings is 1. The first-order valence-corrected chi connectivity index (χ1v) is 9.84. The molecule has 1 fully saturated rings. The van der Waals surface area contributed by atoms with Crippen LogP contribution in [-0.4, -0.2) is 60.0 Å². The number of carbonyl (C=O) groups is 1. The first-order chi connectivity index (χ1) is 13.8. The Kier molecular flexibility index (Phi) is 5.83. The molecule has 0 spiro atoms. The van der Waals surface area contributed by atoms with Crippen LogP contribution >= 0.6 is 0 Å². The van der Waals surface area contributed by atoms with Gasteiger partial charge in [-0.15, -0.1) is 0 Å². The highest BCUT2D eigenvalue weighted by molar-refractivity contribution is 5.94. The number of rotatable bonds is 6. The highest BCUT2D eigenvalue weighted by atomic mass is 16.5. The molecule has 1 amide bonds. The number of benzene rings is 2. The number of piperazine rings is 1. The van der Waals surface area contributed by atoms with Gasteiger partial charge in [0.1, 0.15) is 11.3 Å². The Hall–Kier alpha value is -2.92. The van der Waals surface area contributed by atoms with E-state index < -0.39 is 0 Å². The molecule has 5 heteroatoms. The summed E-state index contributed by atoms with van der Waals surface area (Å²) in [5.41, 5.74) is 1.69.